The average Bonchev–Trinajstić information content (AvgIpc) is 2.05. The van der Waals surface area contributed by atoms with Crippen molar-refractivity contribution in [3.8, 4) is 6.07 Å². The van der Waals surface area contributed by atoms with Crippen LogP contribution in [-0.2, 0) is 0 Å². The summed E-state index contributed by atoms with van der Waals surface area (Å²) in [6.45, 7) is 0. The van der Waals surface area contributed by atoms with Gasteiger partial charge in [-0.15, -0.1) is 17.5 Å². The minimum absolute atomic E-state index is 0.249. The molecule has 4 heteroatoms. The van der Waals surface area contributed by atoms with Gasteiger partial charge in [-0.1, -0.05) is 0 Å². The van der Waals surface area contributed by atoms with E-state index in [1.54, 1.807) is 6.07 Å². The molecule has 0 fully saturated rings. The maximum absolute atomic E-state index is 10.0. The van der Waals surface area contributed by atoms with E-state index in [1.807, 2.05) is 6.07 Å². The van der Waals surface area contributed by atoms with Crippen molar-refractivity contribution in [1.29, 1.82) is 5.26 Å². The lowest BCUT2D eigenvalue weighted by Gasteiger charge is -1.93. The van der Waals surface area contributed by atoms with Crippen molar-refractivity contribution in [3.05, 3.63) is 28.7 Å². The first kappa shape index (κ1) is 7.76. The summed E-state index contributed by atoms with van der Waals surface area (Å²) >= 11 is 4.00. The van der Waals surface area contributed by atoms with Crippen molar-refractivity contribution in [2.24, 2.45) is 5.18 Å². The first-order valence-electron chi connectivity index (χ1n) is 2.84. The molecule has 0 aliphatic heterocycles. The number of thiol groups is 1. The van der Waals surface area contributed by atoms with E-state index in [0.29, 0.717) is 10.5 Å². The Balaban J connectivity index is 3.25. The minimum Gasteiger partial charge on any atom is -0.192 e. The molecule has 0 saturated carbocycles. The molecule has 0 heterocycles. The predicted molar refractivity (Wildman–Crippen MR) is 43.9 cm³/mol. The van der Waals surface area contributed by atoms with Crippen molar-refractivity contribution in [1.82, 2.24) is 0 Å². The Hall–Kier alpha value is -1.34. The van der Waals surface area contributed by atoms with Gasteiger partial charge in [0, 0.05) is 4.90 Å². The van der Waals surface area contributed by atoms with Crippen LogP contribution in [0.2, 0.25) is 0 Å². The van der Waals surface area contributed by atoms with Crippen LogP contribution in [0.1, 0.15) is 5.56 Å². The SMILES string of the molecule is N#Cc1cc(N=O)ccc1S. The molecule has 1 rings (SSSR count). The quantitative estimate of drug-likeness (QED) is 0.511. The highest BCUT2D eigenvalue weighted by Gasteiger charge is 1.98. The molecule has 0 N–H and O–H groups in total. The van der Waals surface area contributed by atoms with E-state index < -0.39 is 0 Å². The molecule has 0 spiro atoms. The van der Waals surface area contributed by atoms with Gasteiger partial charge in [0.05, 0.1) is 5.56 Å². The Morgan fingerprint density at radius 3 is 2.82 bits per heavy atom. The van der Waals surface area contributed by atoms with Crippen LogP contribution in [0.4, 0.5) is 5.69 Å². The third-order valence-electron chi connectivity index (χ3n) is 1.21. The zero-order valence-electron chi connectivity index (χ0n) is 5.48. The van der Waals surface area contributed by atoms with Crippen LogP contribution in [-0.4, -0.2) is 0 Å². The van der Waals surface area contributed by atoms with Crippen LogP contribution in [0, 0.1) is 16.2 Å². The fraction of sp³-hybridized carbons (Fsp3) is 0. The van der Waals surface area contributed by atoms with Crippen LogP contribution in [0.3, 0.4) is 0 Å². The van der Waals surface area contributed by atoms with Crippen LogP contribution >= 0.6 is 12.6 Å². The Labute approximate surface area is 69.0 Å². The van der Waals surface area contributed by atoms with E-state index in [2.05, 4.69) is 17.8 Å². The molecule has 3 nitrogen and oxygen atoms in total. The number of hydrogen-bond acceptors (Lipinski definition) is 4. The number of nitriles is 1. The molecule has 0 aliphatic rings. The molecule has 0 radical (unpaired) electrons. The summed E-state index contributed by atoms with van der Waals surface area (Å²) < 4.78 is 0. The highest BCUT2D eigenvalue weighted by atomic mass is 32.1. The lowest BCUT2D eigenvalue weighted by molar-refractivity contribution is 1.35. The number of nitroso groups, excluding NO2 is 1. The summed E-state index contributed by atoms with van der Waals surface area (Å²) in [6.07, 6.45) is 0. The van der Waals surface area contributed by atoms with Gasteiger partial charge in [0.2, 0.25) is 0 Å². The molecule has 54 valence electrons. The summed E-state index contributed by atoms with van der Waals surface area (Å²) in [7, 11) is 0. The molecule has 1 aromatic carbocycles. The molecule has 0 aliphatic carbocycles. The fourth-order valence-corrected chi connectivity index (χ4v) is 0.859. The zero-order chi connectivity index (χ0) is 8.27. The Morgan fingerprint density at radius 2 is 2.27 bits per heavy atom. The predicted octanol–water partition coefficient (Wildman–Crippen LogP) is 2.24. The molecule has 0 aromatic heterocycles. The largest absolute Gasteiger partial charge is 0.192 e. The third-order valence-corrected chi connectivity index (χ3v) is 1.60. The number of rotatable bonds is 1. The van der Waals surface area contributed by atoms with E-state index in [9.17, 15) is 4.91 Å². The lowest BCUT2D eigenvalue weighted by atomic mass is 10.2. The Morgan fingerprint density at radius 1 is 1.55 bits per heavy atom. The molecule has 0 saturated heterocycles. The van der Waals surface area contributed by atoms with Gasteiger partial charge in [0.15, 0.2) is 0 Å². The van der Waals surface area contributed by atoms with E-state index >= 15 is 0 Å². The molecule has 0 bridgehead atoms. The van der Waals surface area contributed by atoms with Gasteiger partial charge >= 0.3 is 0 Å². The van der Waals surface area contributed by atoms with E-state index in [-0.39, 0.29) is 5.69 Å². The fourth-order valence-electron chi connectivity index (χ4n) is 0.670. The molecule has 11 heavy (non-hydrogen) atoms. The van der Waals surface area contributed by atoms with Gasteiger partial charge in [0.1, 0.15) is 11.8 Å². The van der Waals surface area contributed by atoms with E-state index in [1.165, 1.54) is 12.1 Å². The molecule has 0 amide bonds. The molecular weight excluding hydrogens is 160 g/mol. The van der Waals surface area contributed by atoms with Gasteiger partial charge < -0.3 is 0 Å². The number of nitrogens with zero attached hydrogens (tertiary/aromatic N) is 2. The van der Waals surface area contributed by atoms with E-state index in [0.717, 1.165) is 0 Å². The molecular formula is C7H4N2OS. The highest BCUT2D eigenvalue weighted by Crippen LogP contribution is 2.19. The smallest absolute Gasteiger partial charge is 0.109 e. The van der Waals surface area contributed by atoms with Gasteiger partial charge in [-0.3, -0.25) is 0 Å². The van der Waals surface area contributed by atoms with Gasteiger partial charge in [-0.2, -0.15) is 5.26 Å². The highest BCUT2D eigenvalue weighted by molar-refractivity contribution is 7.80. The minimum atomic E-state index is 0.249. The summed E-state index contributed by atoms with van der Waals surface area (Å²) in [5.74, 6) is 0. The van der Waals surface area contributed by atoms with Crippen LogP contribution < -0.4 is 0 Å². The summed E-state index contributed by atoms with van der Waals surface area (Å²) in [5.41, 5.74) is 0.616. The first-order chi connectivity index (χ1) is 5.27. The maximum atomic E-state index is 10.0. The topological polar surface area (TPSA) is 53.2 Å². The third kappa shape index (κ3) is 1.57. The van der Waals surface area contributed by atoms with Crippen molar-refractivity contribution in [2.45, 2.75) is 4.90 Å². The second-order valence-corrected chi connectivity index (χ2v) is 2.39. The number of benzene rings is 1. The number of hydrogen-bond donors (Lipinski definition) is 1. The molecule has 0 unspecified atom stereocenters. The van der Waals surface area contributed by atoms with Crippen molar-refractivity contribution in [3.63, 3.8) is 0 Å². The van der Waals surface area contributed by atoms with Crippen molar-refractivity contribution >= 4 is 18.3 Å². The van der Waals surface area contributed by atoms with Crippen molar-refractivity contribution in [2.75, 3.05) is 0 Å². The lowest BCUT2D eigenvalue weighted by Crippen LogP contribution is -1.75. The monoisotopic (exact) mass is 164 g/mol. The van der Waals surface area contributed by atoms with Crippen LogP contribution in [0.5, 0.6) is 0 Å². The Kier molecular flexibility index (Phi) is 2.24. The first-order valence-corrected chi connectivity index (χ1v) is 3.29. The zero-order valence-corrected chi connectivity index (χ0v) is 6.38. The van der Waals surface area contributed by atoms with Crippen molar-refractivity contribution < 1.29 is 0 Å². The van der Waals surface area contributed by atoms with Gasteiger partial charge in [0.25, 0.3) is 0 Å². The van der Waals surface area contributed by atoms with E-state index in [4.69, 9.17) is 5.26 Å². The second-order valence-electron chi connectivity index (χ2n) is 1.90. The van der Waals surface area contributed by atoms with Gasteiger partial charge in [-0.25, -0.2) is 0 Å². The summed E-state index contributed by atoms with van der Waals surface area (Å²) in [4.78, 5) is 10.6. The second kappa shape index (κ2) is 3.17. The molecule has 1 aromatic rings. The molecule has 0 atom stereocenters. The Bertz CT molecular complexity index is 330. The maximum Gasteiger partial charge on any atom is 0.109 e. The van der Waals surface area contributed by atoms with Crippen LogP contribution in [0.15, 0.2) is 28.3 Å². The summed E-state index contributed by atoms with van der Waals surface area (Å²) in [5, 5.41) is 11.2. The standard InChI is InChI=1S/C7H4N2OS/c8-4-5-3-6(9-10)1-2-7(5)11/h1-3,11H. The normalized spacial score (nSPS) is 8.73. The summed E-state index contributed by atoms with van der Waals surface area (Å²) in [6, 6.07) is 6.37. The van der Waals surface area contributed by atoms with Crippen LogP contribution in [0.25, 0.3) is 0 Å². The average molecular weight is 164 g/mol. The van der Waals surface area contributed by atoms with Gasteiger partial charge in [-0.05, 0) is 23.4 Å².